The van der Waals surface area contributed by atoms with Gasteiger partial charge in [-0.2, -0.15) is 5.26 Å². The Hall–Kier alpha value is -2.07. The lowest BCUT2D eigenvalue weighted by Gasteiger charge is -2.03. The van der Waals surface area contributed by atoms with Gasteiger partial charge in [-0.3, -0.25) is 10.1 Å². The molecule has 0 fully saturated rings. The summed E-state index contributed by atoms with van der Waals surface area (Å²) in [4.78, 5) is 17.5. The minimum atomic E-state index is -0.583. The van der Waals surface area contributed by atoms with E-state index in [1.54, 1.807) is 36.5 Å². The normalized spacial score (nSPS) is 11.2. The molecule has 0 atom stereocenters. The van der Waals surface area contributed by atoms with E-state index in [2.05, 4.69) is 10.3 Å². The molecule has 3 aromatic rings. The molecule has 1 N–H and O–H groups in total. The van der Waals surface area contributed by atoms with Gasteiger partial charge in [0.15, 0.2) is 5.13 Å². The van der Waals surface area contributed by atoms with Crippen LogP contribution in [0.25, 0.3) is 6.08 Å². The van der Waals surface area contributed by atoms with Crippen molar-refractivity contribution in [2.24, 2.45) is 0 Å². The second kappa shape index (κ2) is 9.62. The van der Waals surface area contributed by atoms with Gasteiger partial charge >= 0.3 is 0 Å². The number of benzene rings is 2. The highest BCUT2D eigenvalue weighted by Crippen LogP contribution is 2.27. The Balaban J connectivity index is 1.74. The highest BCUT2D eigenvalue weighted by molar-refractivity contribution is 7.15. The van der Waals surface area contributed by atoms with Gasteiger partial charge in [0, 0.05) is 37.6 Å². The summed E-state index contributed by atoms with van der Waals surface area (Å²) in [6, 6.07) is 11.9. The van der Waals surface area contributed by atoms with Crippen molar-refractivity contribution in [3.8, 4) is 6.07 Å². The standard InChI is InChI=1S/C20H11Cl4N3OS/c21-14-3-4-17(23)12(6-14)7-16-10-26-20(29-16)27-19(28)13(9-25)5-11-1-2-15(22)8-18(11)24/h1-6,8,10H,7H2,(H,26,27,28)/b13-5+. The van der Waals surface area contributed by atoms with Crippen LogP contribution in [-0.4, -0.2) is 10.9 Å². The number of hydrogen-bond acceptors (Lipinski definition) is 4. The summed E-state index contributed by atoms with van der Waals surface area (Å²) in [5.74, 6) is -0.583. The van der Waals surface area contributed by atoms with Gasteiger partial charge in [0.25, 0.3) is 5.91 Å². The van der Waals surface area contributed by atoms with Crippen molar-refractivity contribution >= 4 is 74.9 Å². The molecule has 0 bridgehead atoms. The molecule has 9 heteroatoms. The van der Waals surface area contributed by atoms with Crippen molar-refractivity contribution in [2.45, 2.75) is 6.42 Å². The summed E-state index contributed by atoms with van der Waals surface area (Å²) < 4.78 is 0. The lowest BCUT2D eigenvalue weighted by atomic mass is 10.1. The molecule has 4 nitrogen and oxygen atoms in total. The minimum Gasteiger partial charge on any atom is -0.297 e. The van der Waals surface area contributed by atoms with Crippen molar-refractivity contribution in [3.05, 3.63) is 84.3 Å². The molecule has 2 aromatic carbocycles. The van der Waals surface area contributed by atoms with Crippen LogP contribution in [0.15, 0.2) is 48.2 Å². The van der Waals surface area contributed by atoms with Gasteiger partial charge in [-0.05, 0) is 47.5 Å². The Kier molecular flexibility index (Phi) is 7.18. The number of halogens is 4. The summed E-state index contributed by atoms with van der Waals surface area (Å²) in [7, 11) is 0. The number of nitriles is 1. The van der Waals surface area contributed by atoms with E-state index in [4.69, 9.17) is 46.4 Å². The van der Waals surface area contributed by atoms with Crippen LogP contribution in [0.4, 0.5) is 5.13 Å². The molecule has 0 saturated carbocycles. The summed E-state index contributed by atoms with van der Waals surface area (Å²) in [6.07, 6.45) is 3.56. The molecular formula is C20H11Cl4N3OS. The number of nitrogens with zero attached hydrogens (tertiary/aromatic N) is 2. The number of amides is 1. The quantitative estimate of drug-likeness (QED) is 0.318. The maximum Gasteiger partial charge on any atom is 0.268 e. The molecule has 0 aliphatic heterocycles. The molecule has 0 spiro atoms. The van der Waals surface area contributed by atoms with Crippen LogP contribution < -0.4 is 5.32 Å². The number of thiazole rings is 1. The van der Waals surface area contributed by atoms with E-state index in [0.717, 1.165) is 10.4 Å². The van der Waals surface area contributed by atoms with Crippen LogP contribution in [0.5, 0.6) is 0 Å². The SMILES string of the molecule is N#C/C(=C\c1ccc(Cl)cc1Cl)C(=O)Nc1ncc(Cc2cc(Cl)ccc2Cl)s1. The summed E-state index contributed by atoms with van der Waals surface area (Å²) in [6.45, 7) is 0. The second-order valence-corrected chi connectivity index (χ2v) is 8.64. The molecule has 3 rings (SSSR count). The monoisotopic (exact) mass is 481 g/mol. The minimum absolute atomic E-state index is 0.108. The first-order valence-corrected chi connectivity index (χ1v) is 10.5. The zero-order valence-corrected chi connectivity index (χ0v) is 18.4. The van der Waals surface area contributed by atoms with Crippen LogP contribution in [0.2, 0.25) is 20.1 Å². The topological polar surface area (TPSA) is 65.8 Å². The first-order chi connectivity index (χ1) is 13.9. The molecule has 0 saturated heterocycles. The smallest absolute Gasteiger partial charge is 0.268 e. The van der Waals surface area contributed by atoms with Crippen LogP contribution in [0.3, 0.4) is 0 Å². The fourth-order valence-electron chi connectivity index (χ4n) is 2.40. The Morgan fingerprint density at radius 1 is 1.10 bits per heavy atom. The third-order valence-electron chi connectivity index (χ3n) is 3.77. The van der Waals surface area contributed by atoms with Crippen LogP contribution in [0.1, 0.15) is 16.0 Å². The van der Waals surface area contributed by atoms with Gasteiger partial charge in [-0.25, -0.2) is 4.98 Å². The number of nitrogens with one attached hydrogen (secondary N) is 1. The van der Waals surface area contributed by atoms with E-state index < -0.39 is 5.91 Å². The first-order valence-electron chi connectivity index (χ1n) is 8.12. The number of rotatable bonds is 5. The third-order valence-corrected chi connectivity index (χ3v) is 5.85. The van der Waals surface area contributed by atoms with Crippen LogP contribution >= 0.6 is 57.7 Å². The molecule has 1 aromatic heterocycles. The van der Waals surface area contributed by atoms with Gasteiger partial charge in [-0.15, -0.1) is 11.3 Å². The Morgan fingerprint density at radius 2 is 1.83 bits per heavy atom. The predicted molar refractivity (Wildman–Crippen MR) is 120 cm³/mol. The van der Waals surface area contributed by atoms with Gasteiger partial charge in [0.2, 0.25) is 0 Å². The Morgan fingerprint density at radius 3 is 2.55 bits per heavy atom. The van der Waals surface area contributed by atoms with E-state index in [1.165, 1.54) is 23.5 Å². The molecule has 1 amide bonds. The van der Waals surface area contributed by atoms with E-state index >= 15 is 0 Å². The van der Waals surface area contributed by atoms with E-state index in [9.17, 15) is 10.1 Å². The lowest BCUT2D eigenvalue weighted by molar-refractivity contribution is -0.112. The molecule has 0 unspecified atom stereocenters. The summed E-state index contributed by atoms with van der Waals surface area (Å²) in [5.41, 5.74) is 1.26. The van der Waals surface area contributed by atoms with Crippen molar-refractivity contribution in [1.82, 2.24) is 4.98 Å². The van der Waals surface area contributed by atoms with Crippen molar-refractivity contribution < 1.29 is 4.79 Å². The van der Waals surface area contributed by atoms with Gasteiger partial charge < -0.3 is 0 Å². The van der Waals surface area contributed by atoms with Crippen molar-refractivity contribution in [2.75, 3.05) is 5.32 Å². The highest BCUT2D eigenvalue weighted by atomic mass is 35.5. The fourth-order valence-corrected chi connectivity index (χ4v) is 4.07. The van der Waals surface area contributed by atoms with Gasteiger partial charge in [-0.1, -0.05) is 52.5 Å². The maximum absolute atomic E-state index is 12.4. The number of hydrogen-bond donors (Lipinski definition) is 1. The van der Waals surface area contributed by atoms with Gasteiger partial charge in [0.05, 0.1) is 0 Å². The number of carbonyl (C=O) groups is 1. The molecule has 1 heterocycles. The van der Waals surface area contributed by atoms with Crippen LogP contribution in [-0.2, 0) is 11.2 Å². The number of anilines is 1. The molecule has 146 valence electrons. The van der Waals surface area contributed by atoms with Gasteiger partial charge in [0.1, 0.15) is 11.6 Å². The highest BCUT2D eigenvalue weighted by Gasteiger charge is 2.14. The summed E-state index contributed by atoms with van der Waals surface area (Å²) in [5, 5.41) is 14.3. The molecule has 29 heavy (non-hydrogen) atoms. The maximum atomic E-state index is 12.4. The number of aromatic nitrogens is 1. The largest absolute Gasteiger partial charge is 0.297 e. The lowest BCUT2D eigenvalue weighted by Crippen LogP contribution is -2.13. The Bertz CT molecular complexity index is 1150. The zero-order chi connectivity index (χ0) is 21.0. The fraction of sp³-hybridized carbons (Fsp3) is 0.0500. The van der Waals surface area contributed by atoms with Crippen LogP contribution in [0, 0.1) is 11.3 Å². The molecule has 0 aliphatic carbocycles. The van der Waals surface area contributed by atoms with E-state index in [1.807, 2.05) is 6.07 Å². The average molecular weight is 483 g/mol. The molecular weight excluding hydrogens is 472 g/mol. The van der Waals surface area contributed by atoms with E-state index in [-0.39, 0.29) is 5.57 Å². The third kappa shape index (κ3) is 5.72. The molecule has 0 radical (unpaired) electrons. The summed E-state index contributed by atoms with van der Waals surface area (Å²) >= 11 is 25.5. The van der Waals surface area contributed by atoms with E-state index in [0.29, 0.717) is 37.2 Å². The number of carbonyl (C=O) groups excluding carboxylic acids is 1. The first kappa shape index (κ1) is 21.6. The zero-order valence-electron chi connectivity index (χ0n) is 14.5. The second-order valence-electron chi connectivity index (χ2n) is 5.83. The van der Waals surface area contributed by atoms with Crippen molar-refractivity contribution in [1.29, 1.82) is 5.26 Å². The predicted octanol–water partition coefficient (Wildman–Crippen LogP) is 6.89. The average Bonchev–Trinajstić information content (AvgIpc) is 3.11. The Labute approximate surface area is 191 Å². The van der Waals surface area contributed by atoms with Crippen molar-refractivity contribution in [3.63, 3.8) is 0 Å². The molecule has 0 aliphatic rings.